The summed E-state index contributed by atoms with van der Waals surface area (Å²) >= 11 is 15.9. The molecule has 1 atom stereocenters. The number of hydrogen-bond acceptors (Lipinski definition) is 0. The van der Waals surface area contributed by atoms with Crippen molar-refractivity contribution in [3.05, 3.63) is 68.7 Å². The van der Waals surface area contributed by atoms with Gasteiger partial charge in [-0.05, 0) is 41.8 Å². The van der Waals surface area contributed by atoms with Gasteiger partial charge in [0.2, 0.25) is 0 Å². The Morgan fingerprint density at radius 1 is 1.06 bits per heavy atom. The first-order chi connectivity index (χ1) is 8.08. The first-order valence-electron chi connectivity index (χ1n) is 5.23. The molecule has 1 unspecified atom stereocenters. The van der Waals surface area contributed by atoms with Gasteiger partial charge in [0, 0.05) is 9.50 Å². The lowest BCUT2D eigenvalue weighted by molar-refractivity contribution is 1.12. The van der Waals surface area contributed by atoms with Gasteiger partial charge in [-0.25, -0.2) is 0 Å². The van der Waals surface area contributed by atoms with E-state index in [1.54, 1.807) is 0 Å². The Kier molecular flexibility index (Phi) is 4.13. The van der Waals surface area contributed by atoms with Gasteiger partial charge in [0.25, 0.3) is 0 Å². The molecule has 2 aromatic rings. The van der Waals surface area contributed by atoms with Crippen LogP contribution in [0.15, 0.2) is 46.9 Å². The average molecular weight is 330 g/mol. The molecule has 88 valence electrons. The lowest BCUT2D eigenvalue weighted by Crippen LogP contribution is -1.94. The van der Waals surface area contributed by atoms with Crippen molar-refractivity contribution in [1.29, 1.82) is 0 Å². The Labute approximate surface area is 120 Å². The van der Waals surface area contributed by atoms with E-state index in [1.165, 1.54) is 5.56 Å². The normalized spacial score (nSPS) is 12.5. The number of benzene rings is 2. The molecule has 0 spiro atoms. The zero-order valence-electron chi connectivity index (χ0n) is 9.25. The maximum absolute atomic E-state index is 6.47. The molecule has 0 bridgehead atoms. The second kappa shape index (κ2) is 5.43. The molecule has 0 nitrogen and oxygen atoms in total. The van der Waals surface area contributed by atoms with Crippen molar-refractivity contribution in [1.82, 2.24) is 0 Å². The highest BCUT2D eigenvalue weighted by Crippen LogP contribution is 2.34. The smallest absolute Gasteiger partial charge is 0.0846 e. The van der Waals surface area contributed by atoms with Crippen molar-refractivity contribution in [3.63, 3.8) is 0 Å². The predicted octanol–water partition coefficient (Wildman–Crippen LogP) is 5.74. The third-order valence-electron chi connectivity index (χ3n) is 2.59. The molecule has 3 heteroatoms. The van der Waals surface area contributed by atoms with Gasteiger partial charge in [-0.2, -0.15) is 0 Å². The van der Waals surface area contributed by atoms with E-state index in [9.17, 15) is 0 Å². The Balaban J connectivity index is 2.36. The van der Waals surface area contributed by atoms with Crippen LogP contribution in [0.25, 0.3) is 0 Å². The van der Waals surface area contributed by atoms with Crippen LogP contribution in [0.2, 0.25) is 5.02 Å². The van der Waals surface area contributed by atoms with Crippen molar-refractivity contribution < 1.29 is 0 Å². The number of hydrogen-bond donors (Lipinski definition) is 0. The summed E-state index contributed by atoms with van der Waals surface area (Å²) in [4.78, 5) is 0. The summed E-state index contributed by atoms with van der Waals surface area (Å²) in [5, 5.41) is 0.558. The minimum Gasteiger partial charge on any atom is -0.113 e. The van der Waals surface area contributed by atoms with Crippen molar-refractivity contribution in [3.8, 4) is 0 Å². The van der Waals surface area contributed by atoms with Crippen LogP contribution in [-0.4, -0.2) is 0 Å². The number of halogens is 3. The minimum atomic E-state index is -0.165. The molecule has 0 aliphatic carbocycles. The lowest BCUT2D eigenvalue weighted by atomic mass is 10.0. The van der Waals surface area contributed by atoms with Gasteiger partial charge in [0.1, 0.15) is 0 Å². The fourth-order valence-corrected chi connectivity index (χ4v) is 2.96. The Morgan fingerprint density at radius 2 is 1.71 bits per heavy atom. The third-order valence-corrected chi connectivity index (χ3v) is 4.02. The van der Waals surface area contributed by atoms with Crippen LogP contribution in [0.1, 0.15) is 22.1 Å². The van der Waals surface area contributed by atoms with E-state index >= 15 is 0 Å². The topological polar surface area (TPSA) is 0 Å². The molecule has 0 N–H and O–H groups in total. The second-order valence-corrected chi connectivity index (χ2v) is 5.67. The molecule has 0 fully saturated rings. The minimum absolute atomic E-state index is 0.165. The summed E-state index contributed by atoms with van der Waals surface area (Å²) in [6.07, 6.45) is 0. The zero-order valence-corrected chi connectivity index (χ0v) is 12.4. The van der Waals surface area contributed by atoms with E-state index in [0.29, 0.717) is 0 Å². The number of aryl methyl sites for hydroxylation is 1. The third kappa shape index (κ3) is 3.04. The zero-order chi connectivity index (χ0) is 12.4. The molecule has 2 aromatic carbocycles. The summed E-state index contributed by atoms with van der Waals surface area (Å²) < 4.78 is 1.03. The van der Waals surface area contributed by atoms with Gasteiger partial charge in [0.05, 0.1) is 5.38 Å². The Bertz CT molecular complexity index is 520. The van der Waals surface area contributed by atoms with Crippen molar-refractivity contribution in [2.24, 2.45) is 0 Å². The highest BCUT2D eigenvalue weighted by atomic mass is 79.9. The molecule has 0 radical (unpaired) electrons. The molecule has 0 aliphatic rings. The Morgan fingerprint density at radius 3 is 2.29 bits per heavy atom. The highest BCUT2D eigenvalue weighted by molar-refractivity contribution is 9.10. The summed E-state index contributed by atoms with van der Waals surface area (Å²) in [6.45, 7) is 2.06. The molecule has 17 heavy (non-hydrogen) atoms. The molecule has 0 aromatic heterocycles. The van der Waals surface area contributed by atoms with Crippen LogP contribution in [0.5, 0.6) is 0 Å². The van der Waals surface area contributed by atoms with E-state index < -0.39 is 0 Å². The van der Waals surface area contributed by atoms with Crippen LogP contribution in [-0.2, 0) is 0 Å². The van der Waals surface area contributed by atoms with Gasteiger partial charge in [0.15, 0.2) is 0 Å². The standard InChI is InChI=1S/C14H11BrCl2/c1-9-2-7-12(13(15)8-9)14(17)10-3-5-11(16)6-4-10/h2-8,14H,1H3. The first-order valence-corrected chi connectivity index (χ1v) is 6.84. The monoisotopic (exact) mass is 328 g/mol. The van der Waals surface area contributed by atoms with Crippen molar-refractivity contribution in [2.45, 2.75) is 12.3 Å². The largest absolute Gasteiger partial charge is 0.113 e. The maximum atomic E-state index is 6.47. The molecule has 0 saturated carbocycles. The van der Waals surface area contributed by atoms with Crippen molar-refractivity contribution in [2.75, 3.05) is 0 Å². The van der Waals surface area contributed by atoms with Crippen LogP contribution in [0.3, 0.4) is 0 Å². The van der Waals surface area contributed by atoms with E-state index in [2.05, 4.69) is 35.0 Å². The summed E-state index contributed by atoms with van der Waals surface area (Å²) in [5.74, 6) is 0. The number of alkyl halides is 1. The van der Waals surface area contributed by atoms with Crippen LogP contribution in [0.4, 0.5) is 0 Å². The van der Waals surface area contributed by atoms with E-state index in [1.807, 2.05) is 30.3 Å². The van der Waals surface area contributed by atoms with Crippen molar-refractivity contribution >= 4 is 39.1 Å². The SMILES string of the molecule is Cc1ccc(C(Cl)c2ccc(Cl)cc2)c(Br)c1. The van der Waals surface area contributed by atoms with Gasteiger partial charge in [-0.1, -0.05) is 51.8 Å². The average Bonchev–Trinajstić information content (AvgIpc) is 2.29. The molecule has 0 amide bonds. The van der Waals surface area contributed by atoms with E-state index in [4.69, 9.17) is 23.2 Å². The van der Waals surface area contributed by atoms with Crippen LogP contribution >= 0.6 is 39.1 Å². The van der Waals surface area contributed by atoms with Gasteiger partial charge >= 0.3 is 0 Å². The Hall–Kier alpha value is -0.500. The fourth-order valence-electron chi connectivity index (χ4n) is 1.65. The van der Waals surface area contributed by atoms with Crippen LogP contribution in [0, 0.1) is 6.92 Å². The van der Waals surface area contributed by atoms with Crippen LogP contribution < -0.4 is 0 Å². The second-order valence-electron chi connectivity index (χ2n) is 3.94. The maximum Gasteiger partial charge on any atom is 0.0846 e. The van der Waals surface area contributed by atoms with E-state index in [0.717, 1.165) is 20.6 Å². The number of rotatable bonds is 2. The lowest BCUT2D eigenvalue weighted by Gasteiger charge is -2.13. The highest BCUT2D eigenvalue weighted by Gasteiger charge is 2.13. The summed E-state index contributed by atoms with van der Waals surface area (Å²) in [5.41, 5.74) is 3.32. The molecule has 0 saturated heterocycles. The fraction of sp³-hybridized carbons (Fsp3) is 0.143. The molecule has 2 rings (SSSR count). The molecular weight excluding hydrogens is 319 g/mol. The summed E-state index contributed by atoms with van der Waals surface area (Å²) in [7, 11) is 0. The van der Waals surface area contributed by atoms with Gasteiger partial charge in [-0.15, -0.1) is 11.6 Å². The van der Waals surface area contributed by atoms with Gasteiger partial charge in [-0.3, -0.25) is 0 Å². The van der Waals surface area contributed by atoms with E-state index in [-0.39, 0.29) is 5.38 Å². The first kappa shape index (κ1) is 12.9. The summed E-state index contributed by atoms with van der Waals surface area (Å²) in [6, 6.07) is 13.8. The van der Waals surface area contributed by atoms with Gasteiger partial charge < -0.3 is 0 Å². The molecule has 0 heterocycles. The quantitative estimate of drug-likeness (QED) is 0.616. The molecular formula is C14H11BrCl2. The predicted molar refractivity (Wildman–Crippen MR) is 78.0 cm³/mol. The molecule has 0 aliphatic heterocycles.